The molecule has 1 aromatic heterocycles. The minimum Gasteiger partial charge on any atom is -0.507 e. The fourth-order valence-corrected chi connectivity index (χ4v) is 4.20. The number of aromatic nitrogens is 2. The van der Waals surface area contributed by atoms with Gasteiger partial charge in [-0.05, 0) is 31.0 Å². The van der Waals surface area contributed by atoms with E-state index in [1.54, 1.807) is 6.20 Å². The maximum Gasteiger partial charge on any atom is 0.296 e. The SMILES string of the molecule is O=Cc1c(O)ccc2c1OCC1CCCCC1c1ccnn1CC2(F)F. The van der Waals surface area contributed by atoms with Gasteiger partial charge in [-0.2, -0.15) is 13.9 Å². The zero-order valence-corrected chi connectivity index (χ0v) is 14.2. The molecule has 1 aliphatic heterocycles. The Morgan fingerprint density at radius 2 is 2.08 bits per heavy atom. The smallest absolute Gasteiger partial charge is 0.296 e. The summed E-state index contributed by atoms with van der Waals surface area (Å²) in [5, 5.41) is 14.0. The molecule has 4 rings (SSSR count). The number of carbonyl (C=O) groups excluding carboxylic acids is 1. The average Bonchev–Trinajstić information content (AvgIpc) is 3.06. The lowest BCUT2D eigenvalue weighted by molar-refractivity contribution is -0.0311. The van der Waals surface area contributed by atoms with Crippen molar-refractivity contribution >= 4 is 6.29 Å². The van der Waals surface area contributed by atoms with E-state index < -0.39 is 18.0 Å². The highest BCUT2D eigenvalue weighted by atomic mass is 19.3. The number of ether oxygens (including phenoxy) is 1. The maximum absolute atomic E-state index is 15.0. The van der Waals surface area contributed by atoms with Crippen LogP contribution in [0.1, 0.15) is 53.2 Å². The molecule has 0 saturated heterocycles. The molecule has 1 aromatic carbocycles. The van der Waals surface area contributed by atoms with Gasteiger partial charge in [-0.3, -0.25) is 9.48 Å². The number of phenolic OH excluding ortho intramolecular Hbond substituents is 1. The second-order valence-electron chi connectivity index (χ2n) is 7.07. The molecule has 7 heteroatoms. The fourth-order valence-electron chi connectivity index (χ4n) is 4.20. The summed E-state index contributed by atoms with van der Waals surface area (Å²) in [4.78, 5) is 11.4. The molecule has 1 fully saturated rings. The number of carbonyl (C=O) groups is 1. The molecular formula is C19H20F2N2O3. The normalized spacial score (nSPS) is 24.5. The summed E-state index contributed by atoms with van der Waals surface area (Å²) < 4.78 is 37.2. The standard InChI is InChI=1S/C19H20F2N2O3/c20-19(21)11-23-16(7-8-22-23)13-4-2-1-3-12(13)10-26-18-14(9-24)17(25)6-5-15(18)19/h5-9,12-13,25H,1-4,10-11H2. The van der Waals surface area contributed by atoms with Crippen LogP contribution in [0, 0.1) is 5.92 Å². The number of hydrogen-bond acceptors (Lipinski definition) is 4. The van der Waals surface area contributed by atoms with Crippen LogP contribution >= 0.6 is 0 Å². The van der Waals surface area contributed by atoms with Crippen LogP contribution in [-0.4, -0.2) is 27.8 Å². The molecule has 0 spiro atoms. The Balaban J connectivity index is 1.86. The largest absolute Gasteiger partial charge is 0.507 e. The first-order chi connectivity index (χ1) is 12.5. The topological polar surface area (TPSA) is 64.3 Å². The van der Waals surface area contributed by atoms with Crippen LogP contribution in [0.2, 0.25) is 0 Å². The third-order valence-electron chi connectivity index (χ3n) is 5.51. The molecular weight excluding hydrogens is 342 g/mol. The molecule has 26 heavy (non-hydrogen) atoms. The lowest BCUT2D eigenvalue weighted by atomic mass is 9.77. The van der Waals surface area contributed by atoms with Gasteiger partial charge in [0, 0.05) is 23.7 Å². The lowest BCUT2D eigenvalue weighted by Crippen LogP contribution is -2.31. The molecule has 0 amide bonds. The van der Waals surface area contributed by atoms with Crippen LogP contribution in [-0.2, 0) is 12.5 Å². The molecule has 5 nitrogen and oxygen atoms in total. The van der Waals surface area contributed by atoms with Crippen molar-refractivity contribution in [1.82, 2.24) is 9.78 Å². The molecule has 2 aromatic rings. The van der Waals surface area contributed by atoms with Gasteiger partial charge in [0.1, 0.15) is 18.0 Å². The molecule has 1 saturated carbocycles. The zero-order valence-electron chi connectivity index (χ0n) is 14.2. The molecule has 1 aliphatic carbocycles. The van der Waals surface area contributed by atoms with Crippen molar-refractivity contribution in [3.8, 4) is 11.5 Å². The Morgan fingerprint density at radius 1 is 1.27 bits per heavy atom. The summed E-state index contributed by atoms with van der Waals surface area (Å²) >= 11 is 0. The number of phenols is 1. The summed E-state index contributed by atoms with van der Waals surface area (Å²) in [6, 6.07) is 4.05. The van der Waals surface area contributed by atoms with Crippen molar-refractivity contribution in [1.29, 1.82) is 0 Å². The highest BCUT2D eigenvalue weighted by molar-refractivity contribution is 5.84. The second-order valence-corrected chi connectivity index (χ2v) is 7.07. The minimum absolute atomic E-state index is 0.0978. The number of benzene rings is 1. The minimum atomic E-state index is -3.29. The molecule has 138 valence electrons. The van der Waals surface area contributed by atoms with E-state index in [1.807, 2.05) is 6.07 Å². The van der Waals surface area contributed by atoms with Crippen molar-refractivity contribution in [2.45, 2.75) is 44.1 Å². The number of fused-ring (bicyclic) bond motifs is 4. The van der Waals surface area contributed by atoms with E-state index in [-0.39, 0.29) is 35.5 Å². The lowest BCUT2D eigenvalue weighted by Gasteiger charge is -2.34. The van der Waals surface area contributed by atoms with E-state index in [9.17, 15) is 9.90 Å². The van der Waals surface area contributed by atoms with Gasteiger partial charge in [-0.15, -0.1) is 0 Å². The van der Waals surface area contributed by atoms with Crippen molar-refractivity contribution in [2.24, 2.45) is 5.92 Å². The number of halogens is 2. The van der Waals surface area contributed by atoms with Crippen molar-refractivity contribution in [3.05, 3.63) is 41.2 Å². The Hall–Kier alpha value is -2.44. The van der Waals surface area contributed by atoms with Crippen LogP contribution in [0.15, 0.2) is 24.4 Å². The highest BCUT2D eigenvalue weighted by Crippen LogP contribution is 2.45. The quantitative estimate of drug-likeness (QED) is 0.783. The number of aldehydes is 1. The van der Waals surface area contributed by atoms with Crippen LogP contribution in [0.4, 0.5) is 8.78 Å². The monoisotopic (exact) mass is 362 g/mol. The number of alkyl halides is 2. The summed E-state index contributed by atoms with van der Waals surface area (Å²) in [6.45, 7) is -0.402. The van der Waals surface area contributed by atoms with Gasteiger partial charge in [0.2, 0.25) is 0 Å². The predicted octanol–water partition coefficient (Wildman–Crippen LogP) is 3.86. The molecule has 2 heterocycles. The number of nitrogens with zero attached hydrogens (tertiary/aromatic N) is 2. The number of aromatic hydroxyl groups is 1. The third-order valence-corrected chi connectivity index (χ3v) is 5.51. The third kappa shape index (κ3) is 2.75. The van der Waals surface area contributed by atoms with E-state index in [1.165, 1.54) is 4.68 Å². The number of hydrogen-bond donors (Lipinski definition) is 1. The Kier molecular flexibility index (Phi) is 4.17. The van der Waals surface area contributed by atoms with E-state index in [0.29, 0.717) is 6.29 Å². The number of rotatable bonds is 1. The van der Waals surface area contributed by atoms with Gasteiger partial charge in [0.25, 0.3) is 5.92 Å². The van der Waals surface area contributed by atoms with Crippen LogP contribution in [0.3, 0.4) is 0 Å². The average molecular weight is 362 g/mol. The first-order valence-electron chi connectivity index (χ1n) is 8.85. The van der Waals surface area contributed by atoms with Gasteiger partial charge in [-0.1, -0.05) is 12.8 Å². The van der Waals surface area contributed by atoms with Crippen molar-refractivity contribution in [3.63, 3.8) is 0 Å². The molecule has 1 N–H and O–H groups in total. The van der Waals surface area contributed by atoms with Gasteiger partial charge in [0.05, 0.1) is 17.7 Å². The molecule has 2 atom stereocenters. The molecule has 2 unspecified atom stereocenters. The van der Waals surface area contributed by atoms with E-state index >= 15 is 8.78 Å². The van der Waals surface area contributed by atoms with Crippen molar-refractivity contribution < 1.29 is 23.4 Å². The summed E-state index contributed by atoms with van der Waals surface area (Å²) in [7, 11) is 0. The van der Waals surface area contributed by atoms with Crippen LogP contribution in [0.25, 0.3) is 0 Å². The van der Waals surface area contributed by atoms with Gasteiger partial charge >= 0.3 is 0 Å². The van der Waals surface area contributed by atoms with Gasteiger partial charge in [0.15, 0.2) is 6.29 Å². The molecule has 2 aliphatic rings. The van der Waals surface area contributed by atoms with Gasteiger partial charge in [-0.25, -0.2) is 0 Å². The molecule has 0 radical (unpaired) electrons. The fraction of sp³-hybridized carbons (Fsp3) is 0.474. The Bertz CT molecular complexity index is 834. The van der Waals surface area contributed by atoms with Crippen LogP contribution < -0.4 is 4.74 Å². The van der Waals surface area contributed by atoms with Crippen molar-refractivity contribution in [2.75, 3.05) is 6.61 Å². The summed E-state index contributed by atoms with van der Waals surface area (Å²) in [5.74, 6) is -3.61. The van der Waals surface area contributed by atoms with E-state index in [4.69, 9.17) is 4.74 Å². The highest BCUT2D eigenvalue weighted by Gasteiger charge is 2.40. The maximum atomic E-state index is 15.0. The van der Waals surface area contributed by atoms with E-state index in [2.05, 4.69) is 5.10 Å². The first kappa shape index (κ1) is 17.0. The van der Waals surface area contributed by atoms with Gasteiger partial charge < -0.3 is 9.84 Å². The Labute approximate surface area is 149 Å². The Morgan fingerprint density at radius 3 is 2.88 bits per heavy atom. The van der Waals surface area contributed by atoms with E-state index in [0.717, 1.165) is 43.5 Å². The zero-order chi connectivity index (χ0) is 18.3. The molecule has 0 bridgehead atoms. The predicted molar refractivity (Wildman–Crippen MR) is 89.8 cm³/mol. The first-order valence-corrected chi connectivity index (χ1v) is 8.85. The second kappa shape index (κ2) is 6.37. The summed E-state index contributed by atoms with van der Waals surface area (Å²) in [5.41, 5.74) is 0.194. The van der Waals surface area contributed by atoms with Crippen LogP contribution in [0.5, 0.6) is 11.5 Å². The summed E-state index contributed by atoms with van der Waals surface area (Å²) in [6.07, 6.45) is 5.86.